The van der Waals surface area contributed by atoms with E-state index in [1.807, 2.05) is 32.0 Å². The number of thiazole rings is 1. The molecule has 4 heterocycles. The minimum absolute atomic E-state index is 0.0396. The molecule has 11 nitrogen and oxygen atoms in total. The predicted molar refractivity (Wildman–Crippen MR) is 182 cm³/mol. The predicted octanol–water partition coefficient (Wildman–Crippen LogP) is 4.33. The largest absolute Gasteiger partial charge is 0.488 e. The van der Waals surface area contributed by atoms with Gasteiger partial charge in [-0.05, 0) is 56.9 Å². The Balaban J connectivity index is 1.21. The molecule has 1 N–H and O–H groups in total. The summed E-state index contributed by atoms with van der Waals surface area (Å²) in [6.07, 6.45) is 3.87. The van der Waals surface area contributed by atoms with Gasteiger partial charge in [0.05, 0.1) is 41.0 Å². The van der Waals surface area contributed by atoms with Crippen molar-refractivity contribution in [3.05, 3.63) is 80.3 Å². The molecule has 12 heteroatoms. The monoisotopic (exact) mass is 683 g/mol. The molecule has 2 aromatic carbocycles. The molecule has 7 rings (SSSR count). The average Bonchev–Trinajstić information content (AvgIpc) is 3.79. The number of ether oxygens (including phenoxy) is 1. The van der Waals surface area contributed by atoms with E-state index >= 15 is 0 Å². The molecule has 49 heavy (non-hydrogen) atoms. The molecule has 5 amide bonds. The van der Waals surface area contributed by atoms with E-state index in [-0.39, 0.29) is 30.4 Å². The third-order valence-corrected chi connectivity index (χ3v) is 11.6. The Bertz CT molecular complexity index is 1800. The van der Waals surface area contributed by atoms with E-state index in [0.29, 0.717) is 67.1 Å². The van der Waals surface area contributed by atoms with E-state index < -0.39 is 29.7 Å². The number of hydrogen-bond acceptors (Lipinski definition) is 8. The second kappa shape index (κ2) is 13.4. The molecule has 3 aromatic rings. The summed E-state index contributed by atoms with van der Waals surface area (Å²) in [7, 11) is 1.60. The van der Waals surface area contributed by atoms with Crippen LogP contribution in [0.2, 0.25) is 0 Å². The molecular weight excluding hydrogens is 643 g/mol. The zero-order valence-corrected chi connectivity index (χ0v) is 28.9. The third kappa shape index (κ3) is 6.00. The molecular formula is C37H41N5O6S. The van der Waals surface area contributed by atoms with Crippen LogP contribution in [0, 0.1) is 25.7 Å². The number of amides is 5. The summed E-state index contributed by atoms with van der Waals surface area (Å²) in [5.74, 6) is -1.47. The Labute approximate surface area is 289 Å². The lowest BCUT2D eigenvalue weighted by Gasteiger charge is -2.43. The number of nitrogens with zero attached hydrogens (tertiary/aromatic N) is 4. The topological polar surface area (TPSA) is 129 Å². The number of nitrogens with one attached hydrogen (secondary N) is 1. The van der Waals surface area contributed by atoms with Crippen molar-refractivity contribution in [3.8, 4) is 5.75 Å². The average molecular weight is 684 g/mol. The zero-order chi connectivity index (χ0) is 34.4. The maximum Gasteiger partial charge on any atom is 0.265 e. The molecule has 0 spiro atoms. The normalized spacial score (nSPS) is 23.4. The number of carbonyl (C=O) groups excluding carboxylic acids is 5. The maximum absolute atomic E-state index is 14.6. The number of carbonyl (C=O) groups is 5. The Morgan fingerprint density at radius 1 is 0.939 bits per heavy atom. The molecule has 1 unspecified atom stereocenters. The summed E-state index contributed by atoms with van der Waals surface area (Å²) in [5, 5.41) is 3.60. The summed E-state index contributed by atoms with van der Waals surface area (Å²) < 4.78 is 6.69. The highest BCUT2D eigenvalue weighted by Gasteiger charge is 2.45. The van der Waals surface area contributed by atoms with Crippen molar-refractivity contribution >= 4 is 40.9 Å². The molecule has 0 radical (unpaired) electrons. The number of hydrogen-bond donors (Lipinski definition) is 1. The van der Waals surface area contributed by atoms with Crippen molar-refractivity contribution in [2.45, 2.75) is 64.5 Å². The second-order valence-corrected chi connectivity index (χ2v) is 14.6. The number of fused-ring (bicyclic) bond motifs is 2. The van der Waals surface area contributed by atoms with Crippen molar-refractivity contribution in [1.29, 1.82) is 0 Å². The molecule has 0 bridgehead atoms. The van der Waals surface area contributed by atoms with Crippen LogP contribution >= 0.6 is 11.3 Å². The highest BCUT2D eigenvalue weighted by atomic mass is 32.1. The summed E-state index contributed by atoms with van der Waals surface area (Å²) >= 11 is 1.40. The maximum atomic E-state index is 14.6. The van der Waals surface area contributed by atoms with Crippen LogP contribution in [0.1, 0.15) is 90.4 Å². The Morgan fingerprint density at radius 2 is 1.65 bits per heavy atom. The SMILES string of the molecule is CNC(=O)[C@@H]1CCCCC1C(=O)N1CCc2cccc(O[C@H]3CCN(C(=O)c4sc(C)nc4C)C3)c2[C@H]1CN1C(=O)c2ccccc2C1=O. The van der Waals surface area contributed by atoms with Gasteiger partial charge in [-0.1, -0.05) is 37.1 Å². The Hall–Kier alpha value is -4.58. The van der Waals surface area contributed by atoms with Gasteiger partial charge in [0.1, 0.15) is 16.7 Å². The smallest absolute Gasteiger partial charge is 0.265 e. The number of imide groups is 1. The molecule has 1 saturated heterocycles. The van der Waals surface area contributed by atoms with Crippen molar-refractivity contribution in [2.24, 2.45) is 11.8 Å². The lowest BCUT2D eigenvalue weighted by atomic mass is 9.77. The van der Waals surface area contributed by atoms with E-state index in [1.165, 1.54) is 16.2 Å². The molecule has 4 aliphatic rings. The molecule has 256 valence electrons. The minimum Gasteiger partial charge on any atom is -0.488 e. The molecule has 2 fully saturated rings. The van der Waals surface area contributed by atoms with Crippen molar-refractivity contribution < 1.29 is 28.7 Å². The first-order valence-corrected chi connectivity index (χ1v) is 18.0. The Kier molecular flexibility index (Phi) is 8.99. The van der Waals surface area contributed by atoms with Gasteiger partial charge < -0.3 is 19.9 Å². The number of aryl methyl sites for hydroxylation is 2. The van der Waals surface area contributed by atoms with Gasteiger partial charge in [0.15, 0.2) is 0 Å². The number of rotatable bonds is 7. The first kappa shape index (κ1) is 32.9. The molecule has 4 atom stereocenters. The molecule has 3 aliphatic heterocycles. The van der Waals surface area contributed by atoms with Gasteiger partial charge in [0.25, 0.3) is 17.7 Å². The van der Waals surface area contributed by atoms with Gasteiger partial charge in [0, 0.05) is 44.0 Å². The van der Waals surface area contributed by atoms with Crippen LogP contribution in [-0.4, -0.2) is 88.6 Å². The van der Waals surface area contributed by atoms with Crippen LogP contribution < -0.4 is 10.1 Å². The molecule has 1 saturated carbocycles. The fraction of sp³-hybridized carbons (Fsp3) is 0.459. The van der Waals surface area contributed by atoms with Crippen LogP contribution in [0.3, 0.4) is 0 Å². The van der Waals surface area contributed by atoms with E-state index in [1.54, 1.807) is 41.1 Å². The summed E-state index contributed by atoms with van der Waals surface area (Å²) in [6, 6.07) is 11.9. The first-order valence-electron chi connectivity index (χ1n) is 17.1. The van der Waals surface area contributed by atoms with Crippen molar-refractivity contribution in [3.63, 3.8) is 0 Å². The van der Waals surface area contributed by atoms with Gasteiger partial charge >= 0.3 is 0 Å². The van der Waals surface area contributed by atoms with Gasteiger partial charge in [-0.15, -0.1) is 11.3 Å². The summed E-state index contributed by atoms with van der Waals surface area (Å²) in [6.45, 7) is 5.04. The summed E-state index contributed by atoms with van der Waals surface area (Å²) in [5.41, 5.74) is 3.17. The summed E-state index contributed by atoms with van der Waals surface area (Å²) in [4.78, 5) is 78.0. The van der Waals surface area contributed by atoms with Crippen LogP contribution in [0.15, 0.2) is 42.5 Å². The van der Waals surface area contributed by atoms with Gasteiger partial charge in [-0.25, -0.2) is 4.98 Å². The van der Waals surface area contributed by atoms with Crippen molar-refractivity contribution in [1.82, 2.24) is 25.0 Å². The van der Waals surface area contributed by atoms with Gasteiger partial charge in [0.2, 0.25) is 11.8 Å². The van der Waals surface area contributed by atoms with Crippen LogP contribution in [-0.2, 0) is 16.0 Å². The van der Waals surface area contributed by atoms with Crippen LogP contribution in [0.5, 0.6) is 5.75 Å². The lowest BCUT2D eigenvalue weighted by Crippen LogP contribution is -2.51. The van der Waals surface area contributed by atoms with Crippen LogP contribution in [0.25, 0.3) is 0 Å². The van der Waals surface area contributed by atoms with Crippen molar-refractivity contribution in [2.75, 3.05) is 33.2 Å². The number of benzene rings is 2. The number of likely N-dealkylation sites (tertiary alicyclic amines) is 1. The fourth-order valence-electron chi connectivity index (χ4n) is 8.07. The standard InChI is InChI=1S/C37H41N5O6S/c1-21-32(49-22(2)39-21)37(47)40-17-16-24(19-40)48-30-14-8-9-23-15-18-41(34(44)26-11-5-4-10-25(26)33(43)38-3)29(31(23)30)20-42-35(45)27-12-6-7-13-28(27)36(42)46/h6-9,12-14,24-26,29H,4-5,10-11,15-20H2,1-3H3,(H,38,43)/t24-,25+,26?,29+/m0/s1. The third-order valence-electron chi connectivity index (χ3n) is 10.5. The van der Waals surface area contributed by atoms with E-state index in [2.05, 4.69) is 10.3 Å². The second-order valence-electron chi connectivity index (χ2n) is 13.4. The zero-order valence-electron chi connectivity index (χ0n) is 28.1. The highest BCUT2D eigenvalue weighted by molar-refractivity contribution is 7.13. The highest BCUT2D eigenvalue weighted by Crippen LogP contribution is 2.42. The van der Waals surface area contributed by atoms with E-state index in [0.717, 1.165) is 34.7 Å². The number of aromatic nitrogens is 1. The van der Waals surface area contributed by atoms with E-state index in [9.17, 15) is 24.0 Å². The fourth-order valence-corrected chi connectivity index (χ4v) is 8.96. The lowest BCUT2D eigenvalue weighted by molar-refractivity contribution is -0.146. The van der Waals surface area contributed by atoms with E-state index in [4.69, 9.17) is 4.74 Å². The molecule has 1 aliphatic carbocycles. The van der Waals surface area contributed by atoms with Gasteiger partial charge in [-0.2, -0.15) is 0 Å². The minimum atomic E-state index is -0.677. The van der Waals surface area contributed by atoms with Gasteiger partial charge in [-0.3, -0.25) is 28.9 Å². The first-order chi connectivity index (χ1) is 23.7. The van der Waals surface area contributed by atoms with Crippen LogP contribution in [0.4, 0.5) is 0 Å². The Morgan fingerprint density at radius 3 is 2.33 bits per heavy atom. The molecule has 1 aromatic heterocycles. The quantitative estimate of drug-likeness (QED) is 0.367.